The minimum atomic E-state index is -0.185. The van der Waals surface area contributed by atoms with Crippen molar-refractivity contribution in [1.29, 1.82) is 0 Å². The molecule has 2 heteroatoms. The molecule has 0 aliphatic heterocycles. The number of ether oxygens (including phenoxy) is 1. The van der Waals surface area contributed by atoms with Gasteiger partial charge < -0.3 is 4.74 Å². The summed E-state index contributed by atoms with van der Waals surface area (Å²) >= 11 is 0. The Bertz CT molecular complexity index is 132. The fraction of sp³-hybridized carbons (Fsp3) is 0.700. The number of hydrogen-bond donors (Lipinski definition) is 0. The molecule has 0 saturated carbocycles. The molecular formula is C10H18O2. The topological polar surface area (TPSA) is 26.3 Å². The molecule has 0 aromatic heterocycles. The lowest BCUT2D eigenvalue weighted by Gasteiger charge is -2.01. The molecule has 0 atom stereocenters. The molecule has 0 aromatic rings. The second-order valence-corrected chi connectivity index (χ2v) is 3.11. The van der Waals surface area contributed by atoms with Gasteiger partial charge in [0.2, 0.25) is 0 Å². The SMILES string of the molecule is C=C(C)CCCCCOC(C)=O. The number of hydrogen-bond acceptors (Lipinski definition) is 2. The van der Waals surface area contributed by atoms with Crippen LogP contribution in [-0.2, 0) is 9.53 Å². The van der Waals surface area contributed by atoms with Crippen molar-refractivity contribution in [3.8, 4) is 0 Å². The molecule has 0 spiro atoms. The lowest BCUT2D eigenvalue weighted by molar-refractivity contribution is -0.141. The van der Waals surface area contributed by atoms with E-state index in [1.165, 1.54) is 12.5 Å². The molecule has 0 saturated heterocycles. The summed E-state index contributed by atoms with van der Waals surface area (Å²) < 4.78 is 4.79. The van der Waals surface area contributed by atoms with Crippen LogP contribution in [0.2, 0.25) is 0 Å². The summed E-state index contributed by atoms with van der Waals surface area (Å²) in [6.45, 7) is 7.85. The van der Waals surface area contributed by atoms with Gasteiger partial charge in [0.15, 0.2) is 0 Å². The van der Waals surface area contributed by atoms with E-state index < -0.39 is 0 Å². The first kappa shape index (κ1) is 11.2. The van der Waals surface area contributed by atoms with Crippen LogP contribution in [0.25, 0.3) is 0 Å². The summed E-state index contributed by atoms with van der Waals surface area (Å²) in [5, 5.41) is 0. The van der Waals surface area contributed by atoms with Crippen LogP contribution in [0.4, 0.5) is 0 Å². The third-order valence-corrected chi connectivity index (χ3v) is 1.55. The quantitative estimate of drug-likeness (QED) is 0.348. The Kier molecular flexibility index (Phi) is 6.44. The molecule has 0 fully saturated rings. The lowest BCUT2D eigenvalue weighted by atomic mass is 10.1. The fourth-order valence-electron chi connectivity index (χ4n) is 0.922. The molecule has 0 N–H and O–H groups in total. The van der Waals surface area contributed by atoms with Crippen molar-refractivity contribution < 1.29 is 9.53 Å². The molecule has 0 radical (unpaired) electrons. The molecule has 0 heterocycles. The lowest BCUT2D eigenvalue weighted by Crippen LogP contribution is -2.00. The third kappa shape index (κ3) is 9.21. The second kappa shape index (κ2) is 6.89. The first-order chi connectivity index (χ1) is 5.63. The zero-order valence-corrected chi connectivity index (χ0v) is 8.06. The zero-order chi connectivity index (χ0) is 9.40. The van der Waals surface area contributed by atoms with Crippen molar-refractivity contribution in [2.75, 3.05) is 6.61 Å². The summed E-state index contributed by atoms with van der Waals surface area (Å²) in [5.41, 5.74) is 1.22. The maximum absolute atomic E-state index is 10.3. The molecule has 0 aliphatic carbocycles. The van der Waals surface area contributed by atoms with Gasteiger partial charge in [0, 0.05) is 6.92 Å². The van der Waals surface area contributed by atoms with E-state index >= 15 is 0 Å². The second-order valence-electron chi connectivity index (χ2n) is 3.11. The number of allylic oxidation sites excluding steroid dienone is 1. The molecule has 70 valence electrons. The molecule has 2 nitrogen and oxygen atoms in total. The molecule has 0 bridgehead atoms. The number of esters is 1. The zero-order valence-electron chi connectivity index (χ0n) is 8.06. The predicted octanol–water partition coefficient (Wildman–Crippen LogP) is 2.69. The van der Waals surface area contributed by atoms with Gasteiger partial charge in [0.1, 0.15) is 0 Å². The van der Waals surface area contributed by atoms with E-state index in [1.807, 2.05) is 6.92 Å². The standard InChI is InChI=1S/C10H18O2/c1-9(2)7-5-4-6-8-12-10(3)11/h1,4-8H2,2-3H3. The Labute approximate surface area is 74.6 Å². The average molecular weight is 170 g/mol. The van der Waals surface area contributed by atoms with E-state index in [9.17, 15) is 4.79 Å². The summed E-state index contributed by atoms with van der Waals surface area (Å²) in [5.74, 6) is -0.185. The Morgan fingerprint density at radius 2 is 1.92 bits per heavy atom. The van der Waals surface area contributed by atoms with E-state index in [4.69, 9.17) is 4.74 Å². The smallest absolute Gasteiger partial charge is 0.302 e. The van der Waals surface area contributed by atoms with E-state index in [0.717, 1.165) is 25.7 Å². The van der Waals surface area contributed by atoms with E-state index in [1.54, 1.807) is 0 Å². The summed E-state index contributed by atoms with van der Waals surface area (Å²) in [7, 11) is 0. The molecule has 0 amide bonds. The monoisotopic (exact) mass is 170 g/mol. The Balaban J connectivity index is 3.01. The predicted molar refractivity (Wildman–Crippen MR) is 49.9 cm³/mol. The van der Waals surface area contributed by atoms with Gasteiger partial charge >= 0.3 is 5.97 Å². The normalized spacial score (nSPS) is 9.50. The molecule has 0 rings (SSSR count). The summed E-state index contributed by atoms with van der Waals surface area (Å²) in [6.07, 6.45) is 4.31. The van der Waals surface area contributed by atoms with Gasteiger partial charge in [-0.15, -0.1) is 6.58 Å². The van der Waals surface area contributed by atoms with Gasteiger partial charge in [-0.05, 0) is 32.6 Å². The van der Waals surface area contributed by atoms with Crippen LogP contribution in [0, 0.1) is 0 Å². The maximum Gasteiger partial charge on any atom is 0.302 e. The summed E-state index contributed by atoms with van der Waals surface area (Å²) in [6, 6.07) is 0. The van der Waals surface area contributed by atoms with Crippen molar-refractivity contribution in [3.05, 3.63) is 12.2 Å². The first-order valence-electron chi connectivity index (χ1n) is 4.40. The Hall–Kier alpha value is -0.790. The highest BCUT2D eigenvalue weighted by Gasteiger charge is 1.93. The van der Waals surface area contributed by atoms with Crippen molar-refractivity contribution in [2.45, 2.75) is 39.5 Å². The highest BCUT2D eigenvalue weighted by Crippen LogP contribution is 2.05. The number of carbonyl (C=O) groups excluding carboxylic acids is 1. The fourth-order valence-corrected chi connectivity index (χ4v) is 0.922. The van der Waals surface area contributed by atoms with Crippen molar-refractivity contribution in [1.82, 2.24) is 0 Å². The Morgan fingerprint density at radius 1 is 1.25 bits per heavy atom. The Morgan fingerprint density at radius 3 is 2.42 bits per heavy atom. The van der Waals surface area contributed by atoms with Gasteiger partial charge in [0.05, 0.1) is 6.61 Å². The van der Waals surface area contributed by atoms with Crippen LogP contribution in [0.5, 0.6) is 0 Å². The molecule has 0 aromatic carbocycles. The third-order valence-electron chi connectivity index (χ3n) is 1.55. The van der Waals surface area contributed by atoms with Crippen molar-refractivity contribution in [3.63, 3.8) is 0 Å². The van der Waals surface area contributed by atoms with E-state index in [0.29, 0.717) is 6.61 Å². The maximum atomic E-state index is 10.3. The van der Waals surface area contributed by atoms with E-state index in [-0.39, 0.29) is 5.97 Å². The summed E-state index contributed by atoms with van der Waals surface area (Å²) in [4.78, 5) is 10.3. The molecular weight excluding hydrogens is 152 g/mol. The minimum Gasteiger partial charge on any atom is -0.466 e. The van der Waals surface area contributed by atoms with Gasteiger partial charge in [-0.1, -0.05) is 5.57 Å². The van der Waals surface area contributed by atoms with Crippen LogP contribution in [0.1, 0.15) is 39.5 Å². The number of carbonyl (C=O) groups is 1. The van der Waals surface area contributed by atoms with Gasteiger partial charge in [-0.25, -0.2) is 0 Å². The minimum absolute atomic E-state index is 0.185. The van der Waals surface area contributed by atoms with Crippen LogP contribution in [0.15, 0.2) is 12.2 Å². The van der Waals surface area contributed by atoms with Gasteiger partial charge in [-0.3, -0.25) is 4.79 Å². The molecule has 0 aliphatic rings. The van der Waals surface area contributed by atoms with Crippen LogP contribution >= 0.6 is 0 Å². The van der Waals surface area contributed by atoms with Crippen LogP contribution in [-0.4, -0.2) is 12.6 Å². The highest BCUT2D eigenvalue weighted by molar-refractivity contribution is 5.65. The first-order valence-corrected chi connectivity index (χ1v) is 4.40. The van der Waals surface area contributed by atoms with E-state index in [2.05, 4.69) is 6.58 Å². The number of unbranched alkanes of at least 4 members (excludes halogenated alkanes) is 2. The van der Waals surface area contributed by atoms with Crippen LogP contribution in [0.3, 0.4) is 0 Å². The van der Waals surface area contributed by atoms with Gasteiger partial charge in [-0.2, -0.15) is 0 Å². The van der Waals surface area contributed by atoms with Crippen molar-refractivity contribution in [2.24, 2.45) is 0 Å². The van der Waals surface area contributed by atoms with Gasteiger partial charge in [0.25, 0.3) is 0 Å². The van der Waals surface area contributed by atoms with Crippen molar-refractivity contribution >= 4 is 5.97 Å². The highest BCUT2D eigenvalue weighted by atomic mass is 16.5. The largest absolute Gasteiger partial charge is 0.466 e. The molecule has 12 heavy (non-hydrogen) atoms. The van der Waals surface area contributed by atoms with Crippen LogP contribution < -0.4 is 0 Å². The molecule has 0 unspecified atom stereocenters. The number of rotatable bonds is 6. The average Bonchev–Trinajstić information content (AvgIpc) is 1.95.